The molecule has 0 heterocycles. The van der Waals surface area contributed by atoms with E-state index in [-0.39, 0.29) is 11.7 Å². The third-order valence-electron chi connectivity index (χ3n) is 3.17. The quantitative estimate of drug-likeness (QED) is 0.802. The summed E-state index contributed by atoms with van der Waals surface area (Å²) in [6.45, 7) is 0.537. The lowest BCUT2D eigenvalue weighted by molar-refractivity contribution is 0.495. The Labute approximate surface area is 98.0 Å². The van der Waals surface area contributed by atoms with Crippen LogP contribution in [0.5, 0.6) is 0 Å². The second kappa shape index (κ2) is 4.96. The van der Waals surface area contributed by atoms with E-state index in [2.05, 4.69) is 5.32 Å². The predicted molar refractivity (Wildman–Crippen MR) is 60.1 cm³/mol. The Hall–Kier alpha value is -1.23. The summed E-state index contributed by atoms with van der Waals surface area (Å²) >= 11 is 0. The van der Waals surface area contributed by atoms with Crippen molar-refractivity contribution in [2.45, 2.75) is 25.3 Å². The molecule has 3 N–H and O–H groups in total. The Morgan fingerprint density at radius 2 is 1.82 bits per heavy atom. The standard InChI is InChI=1S/C12H15F3N2/c13-9-4-11(15)12(5-10(9)14)17-6-7-1-2-8(16)3-7/h4-5,7-8,17H,1-3,6,16H2/t7-,8+/m0/s1. The predicted octanol–water partition coefficient (Wildman–Crippen LogP) is 2.64. The number of benzene rings is 1. The monoisotopic (exact) mass is 244 g/mol. The van der Waals surface area contributed by atoms with Gasteiger partial charge in [-0.25, -0.2) is 13.2 Å². The molecule has 1 aromatic rings. The van der Waals surface area contributed by atoms with Crippen LogP contribution in [0.15, 0.2) is 12.1 Å². The van der Waals surface area contributed by atoms with Crippen LogP contribution in [0.3, 0.4) is 0 Å². The fourth-order valence-electron chi connectivity index (χ4n) is 2.21. The van der Waals surface area contributed by atoms with Crippen molar-refractivity contribution in [3.63, 3.8) is 0 Å². The highest BCUT2D eigenvalue weighted by Crippen LogP contribution is 2.25. The van der Waals surface area contributed by atoms with E-state index in [1.54, 1.807) is 0 Å². The lowest BCUT2D eigenvalue weighted by Gasteiger charge is -2.13. The van der Waals surface area contributed by atoms with Crippen LogP contribution in [-0.2, 0) is 0 Å². The molecule has 1 aliphatic rings. The number of rotatable bonds is 3. The highest BCUT2D eigenvalue weighted by Gasteiger charge is 2.21. The number of hydrogen-bond acceptors (Lipinski definition) is 2. The molecule has 0 radical (unpaired) electrons. The lowest BCUT2D eigenvalue weighted by atomic mass is 10.1. The lowest BCUT2D eigenvalue weighted by Crippen LogP contribution is -2.18. The first-order valence-electron chi connectivity index (χ1n) is 5.70. The van der Waals surface area contributed by atoms with Crippen LogP contribution < -0.4 is 11.1 Å². The van der Waals surface area contributed by atoms with Gasteiger partial charge in [-0.15, -0.1) is 0 Å². The zero-order valence-corrected chi connectivity index (χ0v) is 9.35. The summed E-state index contributed by atoms with van der Waals surface area (Å²) in [4.78, 5) is 0. The Kier molecular flexibility index (Phi) is 3.57. The molecule has 0 unspecified atom stereocenters. The van der Waals surface area contributed by atoms with Gasteiger partial charge in [-0.2, -0.15) is 0 Å². The molecule has 0 bridgehead atoms. The third-order valence-corrected chi connectivity index (χ3v) is 3.17. The van der Waals surface area contributed by atoms with Crippen molar-refractivity contribution in [2.24, 2.45) is 11.7 Å². The van der Waals surface area contributed by atoms with Crippen molar-refractivity contribution in [3.8, 4) is 0 Å². The molecule has 1 aliphatic carbocycles. The molecule has 0 saturated heterocycles. The zero-order chi connectivity index (χ0) is 12.4. The van der Waals surface area contributed by atoms with Gasteiger partial charge in [0.05, 0.1) is 5.69 Å². The van der Waals surface area contributed by atoms with Crippen LogP contribution in [0.2, 0.25) is 0 Å². The zero-order valence-electron chi connectivity index (χ0n) is 9.35. The van der Waals surface area contributed by atoms with E-state index in [1.807, 2.05) is 0 Å². The SMILES string of the molecule is N[C@@H]1CC[C@H](CNc2cc(F)c(F)cc2F)C1. The number of halogens is 3. The van der Waals surface area contributed by atoms with Gasteiger partial charge in [0.1, 0.15) is 5.82 Å². The molecule has 0 aliphatic heterocycles. The van der Waals surface area contributed by atoms with Gasteiger partial charge >= 0.3 is 0 Å². The summed E-state index contributed by atoms with van der Waals surface area (Å²) in [5, 5.41) is 2.81. The molecule has 1 aromatic carbocycles. The summed E-state index contributed by atoms with van der Waals surface area (Å²) in [6, 6.07) is 1.61. The molecule has 1 saturated carbocycles. The minimum absolute atomic E-state index is 0.00405. The maximum absolute atomic E-state index is 13.3. The molecule has 17 heavy (non-hydrogen) atoms. The van der Waals surface area contributed by atoms with Crippen molar-refractivity contribution in [3.05, 3.63) is 29.6 Å². The van der Waals surface area contributed by atoms with Crippen LogP contribution >= 0.6 is 0 Å². The summed E-state index contributed by atoms with van der Waals surface area (Å²) in [7, 11) is 0. The summed E-state index contributed by atoms with van der Waals surface area (Å²) in [5.74, 6) is -2.61. The van der Waals surface area contributed by atoms with Crippen molar-refractivity contribution < 1.29 is 13.2 Å². The average Bonchev–Trinajstić information content (AvgIpc) is 2.68. The number of hydrogen-bond donors (Lipinski definition) is 2. The van der Waals surface area contributed by atoms with Crippen LogP contribution in [0.1, 0.15) is 19.3 Å². The molecule has 0 amide bonds. The average molecular weight is 244 g/mol. The van der Waals surface area contributed by atoms with Crippen LogP contribution in [0.4, 0.5) is 18.9 Å². The summed E-state index contributed by atoms with van der Waals surface area (Å²) in [6.07, 6.45) is 2.84. The van der Waals surface area contributed by atoms with Gasteiger partial charge in [0.15, 0.2) is 11.6 Å². The minimum atomic E-state index is -1.17. The van der Waals surface area contributed by atoms with Gasteiger partial charge in [-0.05, 0) is 25.2 Å². The molecule has 0 aromatic heterocycles. The molecular weight excluding hydrogens is 229 g/mol. The molecule has 0 spiro atoms. The van der Waals surface area contributed by atoms with Gasteiger partial charge in [0.25, 0.3) is 0 Å². The third kappa shape index (κ3) is 2.91. The number of nitrogens with one attached hydrogen (secondary N) is 1. The molecule has 2 rings (SSSR count). The van der Waals surface area contributed by atoms with Gasteiger partial charge in [0.2, 0.25) is 0 Å². The van der Waals surface area contributed by atoms with Crippen LogP contribution in [0.25, 0.3) is 0 Å². The first kappa shape index (κ1) is 12.2. The van der Waals surface area contributed by atoms with Gasteiger partial charge in [0, 0.05) is 24.7 Å². The first-order chi connectivity index (χ1) is 8.06. The summed E-state index contributed by atoms with van der Waals surface area (Å²) in [5.41, 5.74) is 5.76. The van der Waals surface area contributed by atoms with Gasteiger partial charge < -0.3 is 11.1 Å². The van der Waals surface area contributed by atoms with Crippen LogP contribution in [-0.4, -0.2) is 12.6 Å². The Balaban J connectivity index is 1.97. The molecule has 2 atom stereocenters. The van der Waals surface area contributed by atoms with Gasteiger partial charge in [-0.1, -0.05) is 0 Å². The second-order valence-corrected chi connectivity index (χ2v) is 4.57. The first-order valence-corrected chi connectivity index (χ1v) is 5.70. The van der Waals surface area contributed by atoms with E-state index in [0.717, 1.165) is 25.3 Å². The van der Waals surface area contributed by atoms with E-state index in [0.29, 0.717) is 18.5 Å². The van der Waals surface area contributed by atoms with Crippen LogP contribution in [0, 0.1) is 23.4 Å². The second-order valence-electron chi connectivity index (χ2n) is 4.57. The molecule has 2 nitrogen and oxygen atoms in total. The highest BCUT2D eigenvalue weighted by molar-refractivity contribution is 5.45. The van der Waals surface area contributed by atoms with Crippen molar-refractivity contribution in [2.75, 3.05) is 11.9 Å². The fourth-order valence-corrected chi connectivity index (χ4v) is 2.21. The van der Waals surface area contributed by atoms with Crippen molar-refractivity contribution in [1.29, 1.82) is 0 Å². The van der Waals surface area contributed by atoms with Crippen molar-refractivity contribution >= 4 is 5.69 Å². The molecule has 1 fully saturated rings. The molecular formula is C12H15F3N2. The minimum Gasteiger partial charge on any atom is -0.382 e. The Bertz CT molecular complexity index is 409. The number of anilines is 1. The number of nitrogens with two attached hydrogens (primary N) is 1. The van der Waals surface area contributed by atoms with Crippen molar-refractivity contribution in [1.82, 2.24) is 0 Å². The van der Waals surface area contributed by atoms with E-state index in [4.69, 9.17) is 5.73 Å². The normalized spacial score (nSPS) is 24.0. The summed E-state index contributed by atoms with van der Waals surface area (Å²) < 4.78 is 38.9. The fraction of sp³-hybridized carbons (Fsp3) is 0.500. The van der Waals surface area contributed by atoms with Gasteiger partial charge in [-0.3, -0.25) is 0 Å². The topological polar surface area (TPSA) is 38.0 Å². The van der Waals surface area contributed by atoms with E-state index in [1.165, 1.54) is 0 Å². The molecule has 5 heteroatoms. The highest BCUT2D eigenvalue weighted by atomic mass is 19.2. The van der Waals surface area contributed by atoms with E-state index in [9.17, 15) is 13.2 Å². The largest absolute Gasteiger partial charge is 0.382 e. The maximum atomic E-state index is 13.3. The van der Waals surface area contributed by atoms with E-state index >= 15 is 0 Å². The smallest absolute Gasteiger partial charge is 0.161 e. The van der Waals surface area contributed by atoms with E-state index < -0.39 is 17.5 Å². The Morgan fingerprint density at radius 1 is 1.12 bits per heavy atom. The Morgan fingerprint density at radius 3 is 2.47 bits per heavy atom. The maximum Gasteiger partial charge on any atom is 0.161 e. The molecule has 94 valence electrons.